The summed E-state index contributed by atoms with van der Waals surface area (Å²) in [5.74, 6) is 0. The molecule has 1 saturated carbocycles. The molecule has 3 rings (SSSR count). The lowest BCUT2D eigenvalue weighted by Gasteiger charge is -2.06. The molecule has 16 heavy (non-hydrogen) atoms. The summed E-state index contributed by atoms with van der Waals surface area (Å²) in [6.07, 6.45) is 6.42. The van der Waals surface area contributed by atoms with Crippen LogP contribution in [0, 0.1) is 0 Å². The Labute approximate surface area is 95.1 Å². The first kappa shape index (κ1) is 9.46. The van der Waals surface area contributed by atoms with E-state index >= 15 is 0 Å². The van der Waals surface area contributed by atoms with Crippen molar-refractivity contribution in [1.29, 1.82) is 0 Å². The Morgan fingerprint density at radius 2 is 2.06 bits per heavy atom. The summed E-state index contributed by atoms with van der Waals surface area (Å²) in [6.45, 7) is 0.844. The van der Waals surface area contributed by atoms with Gasteiger partial charge in [0.25, 0.3) is 0 Å². The second-order valence-electron chi connectivity index (χ2n) is 4.32. The minimum absolute atomic E-state index is 0.719. The molecule has 2 aromatic rings. The van der Waals surface area contributed by atoms with E-state index in [1.807, 2.05) is 23.1 Å². The van der Waals surface area contributed by atoms with E-state index < -0.39 is 0 Å². The van der Waals surface area contributed by atoms with Crippen molar-refractivity contribution in [2.75, 3.05) is 5.32 Å². The Hall–Kier alpha value is -1.77. The molecule has 0 amide bonds. The molecular weight excluding hydrogens is 198 g/mol. The van der Waals surface area contributed by atoms with Gasteiger partial charge in [-0.15, -0.1) is 0 Å². The molecule has 1 aliphatic rings. The fourth-order valence-electron chi connectivity index (χ4n) is 1.75. The number of aromatic nitrogens is 2. The quantitative estimate of drug-likeness (QED) is 0.845. The minimum atomic E-state index is 0.719. The first-order valence-electron chi connectivity index (χ1n) is 5.73. The fraction of sp³-hybridized carbons (Fsp3) is 0.308. The molecule has 1 N–H and O–H groups in total. The van der Waals surface area contributed by atoms with Gasteiger partial charge in [-0.2, -0.15) is 5.10 Å². The molecule has 0 spiro atoms. The van der Waals surface area contributed by atoms with Gasteiger partial charge in [0, 0.05) is 24.1 Å². The summed E-state index contributed by atoms with van der Waals surface area (Å²) < 4.78 is 1.93. The summed E-state index contributed by atoms with van der Waals surface area (Å²) in [5.41, 5.74) is 2.51. The van der Waals surface area contributed by atoms with Crippen molar-refractivity contribution in [3.8, 4) is 0 Å². The predicted molar refractivity (Wildman–Crippen MR) is 64.4 cm³/mol. The fourth-order valence-corrected chi connectivity index (χ4v) is 1.75. The van der Waals surface area contributed by atoms with Crippen molar-refractivity contribution in [2.24, 2.45) is 0 Å². The maximum atomic E-state index is 4.19. The van der Waals surface area contributed by atoms with E-state index in [1.165, 1.54) is 24.1 Å². The third-order valence-corrected chi connectivity index (χ3v) is 2.81. The van der Waals surface area contributed by atoms with Crippen LogP contribution in [-0.2, 0) is 6.54 Å². The molecule has 1 aromatic heterocycles. The summed E-state index contributed by atoms with van der Waals surface area (Å²) in [6, 6.07) is 11.3. The molecule has 0 bridgehead atoms. The second kappa shape index (κ2) is 4.00. The van der Waals surface area contributed by atoms with E-state index in [0.717, 1.165) is 12.6 Å². The SMILES string of the molecule is c1cnn(Cc2ccc(NC3CC3)cc2)c1. The number of benzene rings is 1. The summed E-state index contributed by atoms with van der Waals surface area (Å²) in [7, 11) is 0. The number of hydrogen-bond acceptors (Lipinski definition) is 2. The van der Waals surface area contributed by atoms with Gasteiger partial charge in [0.05, 0.1) is 6.54 Å². The molecule has 0 atom stereocenters. The highest BCUT2D eigenvalue weighted by Gasteiger charge is 2.20. The van der Waals surface area contributed by atoms with Crippen LogP contribution in [0.5, 0.6) is 0 Å². The molecule has 1 fully saturated rings. The average Bonchev–Trinajstić information content (AvgIpc) is 2.96. The molecule has 82 valence electrons. The number of anilines is 1. The molecule has 1 aromatic carbocycles. The highest BCUT2D eigenvalue weighted by Crippen LogP contribution is 2.24. The number of nitrogens with zero attached hydrogens (tertiary/aromatic N) is 2. The summed E-state index contributed by atoms with van der Waals surface area (Å²) in [4.78, 5) is 0. The van der Waals surface area contributed by atoms with E-state index in [2.05, 4.69) is 34.7 Å². The highest BCUT2D eigenvalue weighted by molar-refractivity contribution is 5.46. The Morgan fingerprint density at radius 3 is 2.69 bits per heavy atom. The van der Waals surface area contributed by atoms with E-state index in [9.17, 15) is 0 Å². The van der Waals surface area contributed by atoms with Gasteiger partial charge < -0.3 is 5.32 Å². The minimum Gasteiger partial charge on any atom is -0.382 e. The van der Waals surface area contributed by atoms with Gasteiger partial charge in [-0.25, -0.2) is 0 Å². The highest BCUT2D eigenvalue weighted by atomic mass is 15.3. The van der Waals surface area contributed by atoms with Crippen molar-refractivity contribution in [3.05, 3.63) is 48.3 Å². The van der Waals surface area contributed by atoms with E-state index in [-0.39, 0.29) is 0 Å². The van der Waals surface area contributed by atoms with Crippen LogP contribution in [0.1, 0.15) is 18.4 Å². The Kier molecular flexibility index (Phi) is 2.37. The first-order chi connectivity index (χ1) is 7.90. The van der Waals surface area contributed by atoms with Crippen molar-refractivity contribution in [3.63, 3.8) is 0 Å². The van der Waals surface area contributed by atoms with E-state index in [4.69, 9.17) is 0 Å². The molecule has 0 saturated heterocycles. The lowest BCUT2D eigenvalue weighted by molar-refractivity contribution is 0.687. The normalized spacial score (nSPS) is 15.0. The maximum Gasteiger partial charge on any atom is 0.0659 e. The van der Waals surface area contributed by atoms with Crippen molar-refractivity contribution in [1.82, 2.24) is 9.78 Å². The predicted octanol–water partition coefficient (Wildman–Crippen LogP) is 2.51. The maximum absolute atomic E-state index is 4.19. The van der Waals surface area contributed by atoms with Gasteiger partial charge in [-0.1, -0.05) is 12.1 Å². The summed E-state index contributed by atoms with van der Waals surface area (Å²) >= 11 is 0. The van der Waals surface area contributed by atoms with Gasteiger partial charge in [0.2, 0.25) is 0 Å². The van der Waals surface area contributed by atoms with Crippen LogP contribution < -0.4 is 5.32 Å². The van der Waals surface area contributed by atoms with Crippen LogP contribution in [0.3, 0.4) is 0 Å². The number of hydrogen-bond donors (Lipinski definition) is 1. The van der Waals surface area contributed by atoms with Crippen molar-refractivity contribution < 1.29 is 0 Å². The van der Waals surface area contributed by atoms with Crippen LogP contribution in [0.4, 0.5) is 5.69 Å². The van der Waals surface area contributed by atoms with Gasteiger partial charge in [-0.05, 0) is 36.6 Å². The number of nitrogens with one attached hydrogen (secondary N) is 1. The third-order valence-electron chi connectivity index (χ3n) is 2.81. The Bertz CT molecular complexity index is 441. The summed E-state index contributed by atoms with van der Waals surface area (Å²) in [5, 5.41) is 7.67. The van der Waals surface area contributed by atoms with Crippen LogP contribution in [0.25, 0.3) is 0 Å². The van der Waals surface area contributed by atoms with Crippen LogP contribution in [-0.4, -0.2) is 15.8 Å². The monoisotopic (exact) mass is 213 g/mol. The smallest absolute Gasteiger partial charge is 0.0659 e. The van der Waals surface area contributed by atoms with Crippen LogP contribution >= 0.6 is 0 Å². The molecule has 1 heterocycles. The van der Waals surface area contributed by atoms with Crippen molar-refractivity contribution in [2.45, 2.75) is 25.4 Å². The van der Waals surface area contributed by atoms with Gasteiger partial charge in [0.15, 0.2) is 0 Å². The van der Waals surface area contributed by atoms with E-state index in [0.29, 0.717) is 0 Å². The molecular formula is C13H15N3. The zero-order valence-corrected chi connectivity index (χ0v) is 9.13. The molecule has 3 heteroatoms. The van der Waals surface area contributed by atoms with Crippen LogP contribution in [0.2, 0.25) is 0 Å². The average molecular weight is 213 g/mol. The molecule has 0 unspecified atom stereocenters. The standard InChI is InChI=1S/C13H15N3/c1-8-14-16(9-1)10-11-2-4-12(5-3-11)15-13-6-7-13/h1-5,8-9,13,15H,6-7,10H2. The molecule has 0 radical (unpaired) electrons. The molecule has 1 aliphatic carbocycles. The topological polar surface area (TPSA) is 29.9 Å². The van der Waals surface area contributed by atoms with Crippen LogP contribution in [0.15, 0.2) is 42.7 Å². The molecule has 0 aliphatic heterocycles. The van der Waals surface area contributed by atoms with E-state index in [1.54, 1.807) is 0 Å². The lowest BCUT2D eigenvalue weighted by Crippen LogP contribution is -2.02. The van der Waals surface area contributed by atoms with Gasteiger partial charge >= 0.3 is 0 Å². The second-order valence-corrected chi connectivity index (χ2v) is 4.32. The van der Waals surface area contributed by atoms with Gasteiger partial charge in [0.1, 0.15) is 0 Å². The lowest BCUT2D eigenvalue weighted by atomic mass is 10.2. The van der Waals surface area contributed by atoms with Gasteiger partial charge in [-0.3, -0.25) is 4.68 Å². The Balaban J connectivity index is 1.67. The Morgan fingerprint density at radius 1 is 1.25 bits per heavy atom. The van der Waals surface area contributed by atoms with Crippen molar-refractivity contribution >= 4 is 5.69 Å². The largest absolute Gasteiger partial charge is 0.382 e. The zero-order valence-electron chi connectivity index (χ0n) is 9.13. The first-order valence-corrected chi connectivity index (χ1v) is 5.73. The third kappa shape index (κ3) is 2.24. The zero-order chi connectivity index (χ0) is 10.8. The molecule has 3 nitrogen and oxygen atoms in total. The number of rotatable bonds is 4.